The van der Waals surface area contributed by atoms with Gasteiger partial charge in [0.1, 0.15) is 17.0 Å². The van der Waals surface area contributed by atoms with Crippen molar-refractivity contribution in [3.63, 3.8) is 0 Å². The van der Waals surface area contributed by atoms with Crippen LogP contribution in [0, 0.1) is 0 Å². The van der Waals surface area contributed by atoms with Crippen LogP contribution in [0.25, 0.3) is 0 Å². The van der Waals surface area contributed by atoms with Gasteiger partial charge in [-0.2, -0.15) is 0 Å². The zero-order valence-corrected chi connectivity index (χ0v) is 9.90. The zero-order valence-electron chi connectivity index (χ0n) is 9.90. The van der Waals surface area contributed by atoms with Crippen LogP contribution in [0.1, 0.15) is 48.7 Å². The minimum atomic E-state index is -0.564. The van der Waals surface area contributed by atoms with E-state index in [0.29, 0.717) is 0 Å². The third kappa shape index (κ3) is 3.46. The summed E-state index contributed by atoms with van der Waals surface area (Å²) >= 11 is 0. The molecule has 1 heterocycles. The molecule has 0 aliphatic heterocycles. The van der Waals surface area contributed by atoms with Crippen molar-refractivity contribution >= 4 is 11.8 Å². The summed E-state index contributed by atoms with van der Waals surface area (Å²) < 4.78 is 5.15. The lowest BCUT2D eigenvalue weighted by Gasteiger charge is -2.19. The number of nitrogens with zero attached hydrogens (tertiary/aromatic N) is 1. The molecule has 1 aromatic rings. The van der Waals surface area contributed by atoms with E-state index in [9.17, 15) is 9.59 Å². The average molecular weight is 221 g/mol. The molecular weight excluding hydrogens is 206 g/mol. The monoisotopic (exact) mass is 221 g/mol. The Morgan fingerprint density at radius 2 is 1.75 bits per heavy atom. The highest BCUT2D eigenvalue weighted by Gasteiger charge is 2.19. The lowest BCUT2D eigenvalue weighted by Crippen LogP contribution is -2.24. The van der Waals surface area contributed by atoms with Crippen LogP contribution < -0.4 is 0 Å². The molecule has 0 saturated heterocycles. The van der Waals surface area contributed by atoms with E-state index in [1.165, 1.54) is 13.0 Å². The molecule has 0 aliphatic carbocycles. The van der Waals surface area contributed by atoms with Gasteiger partial charge in [-0.15, -0.1) is 0 Å². The van der Waals surface area contributed by atoms with Crippen LogP contribution in [0.4, 0.5) is 0 Å². The number of carbonyl (C=O) groups is 2. The molecule has 0 aliphatic rings. The first-order chi connectivity index (χ1) is 7.29. The molecule has 16 heavy (non-hydrogen) atoms. The van der Waals surface area contributed by atoms with Crippen molar-refractivity contribution in [1.82, 2.24) is 4.98 Å². The SMILES string of the molecule is CC(=O)c1cccc(C(=O)OC(C)(C)C)n1. The number of aromatic nitrogens is 1. The van der Waals surface area contributed by atoms with Gasteiger partial charge in [0.15, 0.2) is 5.78 Å². The third-order valence-electron chi connectivity index (χ3n) is 1.72. The first-order valence-corrected chi connectivity index (χ1v) is 5.01. The Morgan fingerprint density at radius 3 is 2.25 bits per heavy atom. The Labute approximate surface area is 94.6 Å². The highest BCUT2D eigenvalue weighted by atomic mass is 16.6. The molecule has 0 unspecified atom stereocenters. The quantitative estimate of drug-likeness (QED) is 0.567. The highest BCUT2D eigenvalue weighted by Crippen LogP contribution is 2.11. The fourth-order valence-electron chi connectivity index (χ4n) is 1.07. The van der Waals surface area contributed by atoms with Crippen LogP contribution in [-0.4, -0.2) is 22.3 Å². The predicted octanol–water partition coefficient (Wildman–Crippen LogP) is 2.24. The van der Waals surface area contributed by atoms with E-state index >= 15 is 0 Å². The third-order valence-corrected chi connectivity index (χ3v) is 1.72. The van der Waals surface area contributed by atoms with Gasteiger partial charge in [0.2, 0.25) is 0 Å². The zero-order chi connectivity index (χ0) is 12.3. The van der Waals surface area contributed by atoms with Crippen LogP contribution in [-0.2, 0) is 4.74 Å². The van der Waals surface area contributed by atoms with Crippen LogP contribution in [0.5, 0.6) is 0 Å². The molecule has 0 radical (unpaired) electrons. The molecule has 0 spiro atoms. The second-order valence-corrected chi connectivity index (χ2v) is 4.47. The number of pyridine rings is 1. The fourth-order valence-corrected chi connectivity index (χ4v) is 1.07. The summed E-state index contributed by atoms with van der Waals surface area (Å²) in [7, 11) is 0. The Balaban J connectivity index is 2.92. The van der Waals surface area contributed by atoms with E-state index in [2.05, 4.69) is 4.98 Å². The summed E-state index contributed by atoms with van der Waals surface area (Å²) in [6.07, 6.45) is 0. The molecule has 86 valence electrons. The Bertz CT molecular complexity index is 419. The first-order valence-electron chi connectivity index (χ1n) is 5.01. The maximum absolute atomic E-state index is 11.6. The van der Waals surface area contributed by atoms with Gasteiger partial charge in [-0.3, -0.25) is 4.79 Å². The van der Waals surface area contributed by atoms with Gasteiger partial charge in [0, 0.05) is 6.92 Å². The number of esters is 1. The van der Waals surface area contributed by atoms with Crippen LogP contribution in [0.2, 0.25) is 0 Å². The van der Waals surface area contributed by atoms with Crippen molar-refractivity contribution < 1.29 is 14.3 Å². The van der Waals surface area contributed by atoms with Crippen LogP contribution in [0.15, 0.2) is 18.2 Å². The molecule has 0 atom stereocenters. The van der Waals surface area contributed by atoms with Gasteiger partial charge in [0.25, 0.3) is 0 Å². The second-order valence-electron chi connectivity index (χ2n) is 4.47. The minimum Gasteiger partial charge on any atom is -0.455 e. The van der Waals surface area contributed by atoms with Gasteiger partial charge in [-0.1, -0.05) is 6.07 Å². The van der Waals surface area contributed by atoms with Crippen molar-refractivity contribution in [2.75, 3.05) is 0 Å². The average Bonchev–Trinajstić information content (AvgIpc) is 2.15. The lowest BCUT2D eigenvalue weighted by atomic mass is 10.2. The van der Waals surface area contributed by atoms with Gasteiger partial charge >= 0.3 is 5.97 Å². The molecule has 4 heteroatoms. The number of ether oxygens (including phenoxy) is 1. The fraction of sp³-hybridized carbons (Fsp3) is 0.417. The molecule has 0 bridgehead atoms. The van der Waals surface area contributed by atoms with Gasteiger partial charge in [-0.25, -0.2) is 9.78 Å². The van der Waals surface area contributed by atoms with E-state index in [1.54, 1.807) is 32.9 Å². The summed E-state index contributed by atoms with van der Waals surface area (Å²) in [4.78, 5) is 26.7. The number of ketones is 1. The topological polar surface area (TPSA) is 56.3 Å². The second kappa shape index (κ2) is 4.43. The van der Waals surface area contributed by atoms with E-state index in [4.69, 9.17) is 4.74 Å². The van der Waals surface area contributed by atoms with Crippen molar-refractivity contribution in [3.05, 3.63) is 29.6 Å². The van der Waals surface area contributed by atoms with Crippen LogP contribution in [0.3, 0.4) is 0 Å². The molecule has 4 nitrogen and oxygen atoms in total. The van der Waals surface area contributed by atoms with E-state index < -0.39 is 11.6 Å². The maximum Gasteiger partial charge on any atom is 0.357 e. The molecule has 1 rings (SSSR count). The van der Waals surface area contributed by atoms with Crippen molar-refractivity contribution in [2.24, 2.45) is 0 Å². The lowest BCUT2D eigenvalue weighted by molar-refractivity contribution is 0.00628. The maximum atomic E-state index is 11.6. The summed E-state index contributed by atoms with van der Waals surface area (Å²) in [5.74, 6) is -0.694. The molecule has 0 amide bonds. The largest absolute Gasteiger partial charge is 0.455 e. The molecule has 1 aromatic heterocycles. The smallest absolute Gasteiger partial charge is 0.357 e. The van der Waals surface area contributed by atoms with E-state index in [-0.39, 0.29) is 17.2 Å². The first kappa shape index (κ1) is 12.4. The van der Waals surface area contributed by atoms with Gasteiger partial charge in [0.05, 0.1) is 0 Å². The molecule has 0 aromatic carbocycles. The van der Waals surface area contributed by atoms with E-state index in [1.807, 2.05) is 0 Å². The number of hydrogen-bond acceptors (Lipinski definition) is 4. The Kier molecular flexibility index (Phi) is 3.42. The summed E-state index contributed by atoms with van der Waals surface area (Å²) in [6, 6.07) is 4.71. The highest BCUT2D eigenvalue weighted by molar-refractivity contribution is 5.94. The minimum absolute atomic E-state index is 0.155. The normalized spacial score (nSPS) is 11.0. The van der Waals surface area contributed by atoms with E-state index in [0.717, 1.165) is 0 Å². The van der Waals surface area contributed by atoms with Crippen molar-refractivity contribution in [1.29, 1.82) is 0 Å². The van der Waals surface area contributed by atoms with Crippen LogP contribution >= 0.6 is 0 Å². The number of rotatable bonds is 2. The Morgan fingerprint density at radius 1 is 1.19 bits per heavy atom. The van der Waals surface area contributed by atoms with Crippen molar-refractivity contribution in [3.8, 4) is 0 Å². The summed E-state index contributed by atoms with van der Waals surface area (Å²) in [5.41, 5.74) is -0.142. The molecule has 0 saturated carbocycles. The molecule has 0 fully saturated rings. The van der Waals surface area contributed by atoms with Gasteiger partial charge < -0.3 is 4.74 Å². The number of Topliss-reactive ketones (excluding diaryl/α,β-unsaturated/α-hetero) is 1. The van der Waals surface area contributed by atoms with Crippen molar-refractivity contribution in [2.45, 2.75) is 33.3 Å². The van der Waals surface area contributed by atoms with Gasteiger partial charge in [-0.05, 0) is 32.9 Å². The molecule has 0 N–H and O–H groups in total. The standard InChI is InChI=1S/C12H15NO3/c1-8(14)9-6-5-7-10(13-9)11(15)16-12(2,3)4/h5-7H,1-4H3. The summed E-state index contributed by atoms with van der Waals surface area (Å²) in [6.45, 7) is 6.74. The summed E-state index contributed by atoms with van der Waals surface area (Å²) in [5, 5.41) is 0. The number of hydrogen-bond donors (Lipinski definition) is 0. The number of carbonyl (C=O) groups excluding carboxylic acids is 2. The Hall–Kier alpha value is -1.71. The predicted molar refractivity (Wildman–Crippen MR) is 59.4 cm³/mol. The molecular formula is C12H15NO3.